The first-order valence-corrected chi connectivity index (χ1v) is 9.21. The molecule has 0 aromatic carbocycles. The predicted octanol–water partition coefficient (Wildman–Crippen LogP) is 2.93. The number of fused-ring (bicyclic) bond motifs is 1. The Morgan fingerprint density at radius 1 is 1.28 bits per heavy atom. The molecule has 3 fully saturated rings. The number of ether oxygens (including phenoxy) is 2. The Morgan fingerprint density at radius 2 is 2.04 bits per heavy atom. The van der Waals surface area contributed by atoms with Crippen molar-refractivity contribution in [2.45, 2.75) is 45.3 Å². The molecule has 3 atom stereocenters. The Balaban J connectivity index is 1.30. The molecule has 1 aromatic rings. The topological polar surface area (TPSA) is 54.9 Å². The van der Waals surface area contributed by atoms with Gasteiger partial charge >= 0.3 is 6.09 Å². The van der Waals surface area contributed by atoms with Crippen LogP contribution in [0.3, 0.4) is 0 Å². The van der Waals surface area contributed by atoms with Gasteiger partial charge in [-0.15, -0.1) is 0 Å². The molecular weight excluding hydrogens is 318 g/mol. The number of rotatable bonds is 4. The molecule has 3 heterocycles. The Hall–Kier alpha value is -1.98. The van der Waals surface area contributed by atoms with E-state index in [9.17, 15) is 4.79 Å². The molecule has 1 amide bonds. The minimum Gasteiger partial charge on any atom is -0.490 e. The standard InChI is InChI=1S/C19H27N3O3/c1-19(2,3)25-18(23)22-5-4-15(22)12-24-17-7-16(8-20-9-17)21-10-13-6-14(13)11-21/h7-9,13-15H,4-6,10-12H2,1-3H3/t13?,14?,15-/m1/s1. The minimum atomic E-state index is -0.466. The molecular formula is C19H27N3O3. The van der Waals surface area contributed by atoms with Gasteiger partial charge in [0.25, 0.3) is 0 Å². The summed E-state index contributed by atoms with van der Waals surface area (Å²) in [6, 6.07) is 2.15. The van der Waals surface area contributed by atoms with Crippen molar-refractivity contribution in [3.05, 3.63) is 18.5 Å². The summed E-state index contributed by atoms with van der Waals surface area (Å²) >= 11 is 0. The Labute approximate surface area is 149 Å². The highest BCUT2D eigenvalue weighted by Gasteiger charge is 2.45. The number of carbonyl (C=O) groups is 1. The van der Waals surface area contributed by atoms with Gasteiger partial charge in [-0.05, 0) is 45.4 Å². The number of pyridine rings is 1. The first kappa shape index (κ1) is 16.5. The first-order chi connectivity index (χ1) is 11.9. The van der Waals surface area contributed by atoms with Crippen molar-refractivity contribution in [1.82, 2.24) is 9.88 Å². The molecule has 2 aliphatic heterocycles. The van der Waals surface area contributed by atoms with Crippen LogP contribution in [-0.2, 0) is 4.74 Å². The van der Waals surface area contributed by atoms with E-state index in [1.807, 2.05) is 27.0 Å². The molecule has 0 bridgehead atoms. The summed E-state index contributed by atoms with van der Waals surface area (Å²) in [7, 11) is 0. The van der Waals surface area contributed by atoms with Gasteiger partial charge in [-0.2, -0.15) is 0 Å². The first-order valence-electron chi connectivity index (χ1n) is 9.21. The number of aromatic nitrogens is 1. The van der Waals surface area contributed by atoms with Crippen LogP contribution in [0, 0.1) is 11.8 Å². The highest BCUT2D eigenvalue weighted by Crippen LogP contribution is 2.46. The summed E-state index contributed by atoms with van der Waals surface area (Å²) in [4.78, 5) is 20.6. The van der Waals surface area contributed by atoms with E-state index >= 15 is 0 Å². The second kappa shape index (κ2) is 6.07. The van der Waals surface area contributed by atoms with E-state index in [2.05, 4.69) is 16.0 Å². The lowest BCUT2D eigenvalue weighted by Crippen LogP contribution is -2.55. The van der Waals surface area contributed by atoms with E-state index in [0.29, 0.717) is 6.61 Å². The lowest BCUT2D eigenvalue weighted by molar-refractivity contribution is -0.0141. The van der Waals surface area contributed by atoms with Crippen LogP contribution in [-0.4, -0.2) is 53.9 Å². The molecule has 0 radical (unpaired) electrons. The molecule has 2 saturated heterocycles. The molecule has 3 aliphatic rings. The smallest absolute Gasteiger partial charge is 0.410 e. The van der Waals surface area contributed by atoms with Gasteiger partial charge in [-0.1, -0.05) is 0 Å². The van der Waals surface area contributed by atoms with Crippen LogP contribution in [0.1, 0.15) is 33.6 Å². The lowest BCUT2D eigenvalue weighted by atomic mass is 10.1. The molecule has 6 nitrogen and oxygen atoms in total. The molecule has 2 unspecified atom stereocenters. The van der Waals surface area contributed by atoms with Crippen molar-refractivity contribution in [3.8, 4) is 5.75 Å². The number of hydrogen-bond acceptors (Lipinski definition) is 5. The maximum Gasteiger partial charge on any atom is 0.410 e. The number of carbonyl (C=O) groups excluding carboxylic acids is 1. The molecule has 6 heteroatoms. The Kier molecular flexibility index (Phi) is 4.01. The van der Waals surface area contributed by atoms with Crippen LogP contribution in [0.5, 0.6) is 5.75 Å². The van der Waals surface area contributed by atoms with E-state index in [-0.39, 0.29) is 12.1 Å². The van der Waals surface area contributed by atoms with Gasteiger partial charge in [0.1, 0.15) is 18.0 Å². The fourth-order valence-corrected chi connectivity index (χ4v) is 3.64. The second-order valence-corrected chi connectivity index (χ2v) is 8.47. The van der Waals surface area contributed by atoms with Crippen LogP contribution in [0.15, 0.2) is 18.5 Å². The molecule has 0 spiro atoms. The number of likely N-dealkylation sites (tertiary alicyclic amines) is 1. The fourth-order valence-electron chi connectivity index (χ4n) is 3.64. The van der Waals surface area contributed by atoms with E-state index in [0.717, 1.165) is 49.3 Å². The van der Waals surface area contributed by atoms with Crippen LogP contribution in [0.4, 0.5) is 10.5 Å². The molecule has 25 heavy (non-hydrogen) atoms. The van der Waals surface area contributed by atoms with Crippen molar-refractivity contribution in [3.63, 3.8) is 0 Å². The van der Waals surface area contributed by atoms with Gasteiger partial charge in [-0.3, -0.25) is 4.98 Å². The SMILES string of the molecule is CC(C)(C)OC(=O)N1CC[C@@H]1COc1cncc(N2CC3CC3C2)c1. The monoisotopic (exact) mass is 345 g/mol. The van der Waals surface area contributed by atoms with Gasteiger partial charge in [0.05, 0.1) is 24.1 Å². The molecule has 0 N–H and O–H groups in total. The van der Waals surface area contributed by atoms with Gasteiger partial charge in [0.15, 0.2) is 0 Å². The van der Waals surface area contributed by atoms with Crippen LogP contribution in [0.2, 0.25) is 0 Å². The number of anilines is 1. The zero-order valence-corrected chi connectivity index (χ0v) is 15.3. The van der Waals surface area contributed by atoms with Gasteiger partial charge in [0.2, 0.25) is 0 Å². The maximum atomic E-state index is 12.2. The third-order valence-corrected chi connectivity index (χ3v) is 5.26. The van der Waals surface area contributed by atoms with Crippen molar-refractivity contribution in [1.29, 1.82) is 0 Å². The highest BCUT2D eigenvalue weighted by molar-refractivity contribution is 5.69. The number of amides is 1. The molecule has 1 saturated carbocycles. The summed E-state index contributed by atoms with van der Waals surface area (Å²) in [5.41, 5.74) is 0.676. The van der Waals surface area contributed by atoms with Crippen molar-refractivity contribution >= 4 is 11.8 Å². The summed E-state index contributed by atoms with van der Waals surface area (Å²) in [5.74, 6) is 2.55. The van der Waals surface area contributed by atoms with E-state index in [1.165, 1.54) is 6.42 Å². The molecule has 4 rings (SSSR count). The quantitative estimate of drug-likeness (QED) is 0.840. The third kappa shape index (κ3) is 3.67. The van der Waals surface area contributed by atoms with Gasteiger partial charge < -0.3 is 19.3 Å². The predicted molar refractivity (Wildman–Crippen MR) is 94.9 cm³/mol. The van der Waals surface area contributed by atoms with E-state index < -0.39 is 5.60 Å². The zero-order valence-electron chi connectivity index (χ0n) is 15.3. The second-order valence-electron chi connectivity index (χ2n) is 8.47. The molecule has 136 valence electrons. The van der Waals surface area contributed by atoms with Gasteiger partial charge in [-0.25, -0.2) is 4.79 Å². The lowest BCUT2D eigenvalue weighted by Gasteiger charge is -2.41. The maximum absolute atomic E-state index is 12.2. The average Bonchev–Trinajstić information content (AvgIpc) is 3.10. The van der Waals surface area contributed by atoms with Crippen molar-refractivity contribution in [2.75, 3.05) is 31.1 Å². The largest absolute Gasteiger partial charge is 0.490 e. The number of nitrogens with zero attached hydrogens (tertiary/aromatic N) is 3. The van der Waals surface area contributed by atoms with E-state index in [1.54, 1.807) is 11.1 Å². The third-order valence-electron chi connectivity index (χ3n) is 5.26. The zero-order chi connectivity index (χ0) is 17.6. The van der Waals surface area contributed by atoms with Crippen LogP contribution in [0.25, 0.3) is 0 Å². The highest BCUT2D eigenvalue weighted by atomic mass is 16.6. The number of piperidine rings is 1. The van der Waals surface area contributed by atoms with Crippen LogP contribution < -0.4 is 9.64 Å². The molecule has 1 aromatic heterocycles. The average molecular weight is 345 g/mol. The summed E-state index contributed by atoms with van der Waals surface area (Å²) < 4.78 is 11.4. The minimum absolute atomic E-state index is 0.0814. The Morgan fingerprint density at radius 3 is 2.68 bits per heavy atom. The Bertz CT molecular complexity index is 648. The fraction of sp³-hybridized carbons (Fsp3) is 0.684. The summed E-state index contributed by atoms with van der Waals surface area (Å²) in [5, 5.41) is 0. The van der Waals surface area contributed by atoms with E-state index in [4.69, 9.17) is 9.47 Å². The summed E-state index contributed by atoms with van der Waals surface area (Å²) in [6.07, 6.45) is 5.74. The normalized spacial score (nSPS) is 27.6. The van der Waals surface area contributed by atoms with Crippen LogP contribution >= 0.6 is 0 Å². The summed E-state index contributed by atoms with van der Waals surface area (Å²) in [6.45, 7) is 9.16. The molecule has 1 aliphatic carbocycles. The van der Waals surface area contributed by atoms with Gasteiger partial charge in [0, 0.05) is 25.7 Å². The van der Waals surface area contributed by atoms with Crippen molar-refractivity contribution in [2.24, 2.45) is 11.8 Å². The number of hydrogen-bond donors (Lipinski definition) is 0. The van der Waals surface area contributed by atoms with Crippen molar-refractivity contribution < 1.29 is 14.3 Å².